The van der Waals surface area contributed by atoms with Gasteiger partial charge in [0.05, 0.1) is 0 Å². The highest BCUT2D eigenvalue weighted by Gasteiger charge is 2.15. The third kappa shape index (κ3) is 5.88. The zero-order valence-corrected chi connectivity index (χ0v) is 12.4. The van der Waals surface area contributed by atoms with E-state index in [-0.39, 0.29) is 6.61 Å². The van der Waals surface area contributed by atoms with Gasteiger partial charge in [0, 0.05) is 31.8 Å². The van der Waals surface area contributed by atoms with Crippen LogP contribution in [-0.4, -0.2) is 44.6 Å². The summed E-state index contributed by atoms with van der Waals surface area (Å²) in [6.45, 7) is 0.602. The number of benzene rings is 1. The van der Waals surface area contributed by atoms with Crippen molar-refractivity contribution in [2.75, 3.05) is 26.7 Å². The van der Waals surface area contributed by atoms with Crippen molar-refractivity contribution < 1.29 is 13.5 Å². The summed E-state index contributed by atoms with van der Waals surface area (Å²) < 4.78 is 27.3. The Morgan fingerprint density at radius 2 is 1.95 bits per heavy atom. The molecular formula is C12H19ClN2O3S. The SMILES string of the molecule is CN(CCCO)S(=O)(=O)NCCc1ccc(Cl)cc1. The summed E-state index contributed by atoms with van der Waals surface area (Å²) in [4.78, 5) is 0. The van der Waals surface area contributed by atoms with E-state index in [4.69, 9.17) is 16.7 Å². The summed E-state index contributed by atoms with van der Waals surface area (Å²) in [6, 6.07) is 7.29. The maximum absolute atomic E-state index is 11.8. The van der Waals surface area contributed by atoms with E-state index >= 15 is 0 Å². The van der Waals surface area contributed by atoms with E-state index < -0.39 is 10.2 Å². The largest absolute Gasteiger partial charge is 0.396 e. The molecule has 0 fully saturated rings. The van der Waals surface area contributed by atoms with Gasteiger partial charge in [0.1, 0.15) is 0 Å². The predicted octanol–water partition coefficient (Wildman–Crippen LogP) is 1.03. The first-order valence-corrected chi connectivity index (χ1v) is 7.84. The van der Waals surface area contributed by atoms with Crippen LogP contribution in [0.25, 0.3) is 0 Å². The van der Waals surface area contributed by atoms with Crippen LogP contribution in [0.3, 0.4) is 0 Å². The molecule has 0 aliphatic heterocycles. The number of hydrogen-bond donors (Lipinski definition) is 2. The van der Waals surface area contributed by atoms with E-state index in [1.807, 2.05) is 12.1 Å². The molecule has 0 heterocycles. The normalized spacial score (nSPS) is 12.0. The summed E-state index contributed by atoms with van der Waals surface area (Å²) in [5, 5.41) is 9.34. The number of halogens is 1. The Kier molecular flexibility index (Phi) is 6.74. The molecule has 0 aromatic heterocycles. The molecule has 19 heavy (non-hydrogen) atoms. The van der Waals surface area contributed by atoms with Crippen molar-refractivity contribution in [2.45, 2.75) is 12.8 Å². The molecule has 0 amide bonds. The summed E-state index contributed by atoms with van der Waals surface area (Å²) >= 11 is 5.77. The van der Waals surface area contributed by atoms with Gasteiger partial charge in [-0.1, -0.05) is 23.7 Å². The Morgan fingerprint density at radius 3 is 2.53 bits per heavy atom. The first kappa shape index (κ1) is 16.4. The molecule has 0 atom stereocenters. The third-order valence-corrected chi connectivity index (χ3v) is 4.48. The quantitative estimate of drug-likeness (QED) is 0.754. The fourth-order valence-electron chi connectivity index (χ4n) is 1.50. The first-order valence-electron chi connectivity index (χ1n) is 6.02. The van der Waals surface area contributed by atoms with Crippen molar-refractivity contribution in [2.24, 2.45) is 0 Å². The molecule has 1 aromatic carbocycles. The predicted molar refractivity (Wildman–Crippen MR) is 76.4 cm³/mol. The summed E-state index contributed by atoms with van der Waals surface area (Å²) in [5.74, 6) is 0. The topological polar surface area (TPSA) is 69.6 Å². The molecule has 2 N–H and O–H groups in total. The molecule has 0 aliphatic carbocycles. The lowest BCUT2D eigenvalue weighted by Gasteiger charge is -2.17. The van der Waals surface area contributed by atoms with E-state index in [0.717, 1.165) is 5.56 Å². The van der Waals surface area contributed by atoms with Gasteiger partial charge in [0.15, 0.2) is 0 Å². The van der Waals surface area contributed by atoms with Crippen LogP contribution in [-0.2, 0) is 16.6 Å². The minimum atomic E-state index is -3.46. The van der Waals surface area contributed by atoms with Gasteiger partial charge in [-0.25, -0.2) is 4.72 Å². The van der Waals surface area contributed by atoms with Crippen LogP contribution in [0.1, 0.15) is 12.0 Å². The lowest BCUT2D eigenvalue weighted by atomic mass is 10.2. The summed E-state index contributed by atoms with van der Waals surface area (Å²) in [7, 11) is -1.98. The van der Waals surface area contributed by atoms with Crippen molar-refractivity contribution in [3.63, 3.8) is 0 Å². The van der Waals surface area contributed by atoms with E-state index in [9.17, 15) is 8.42 Å². The van der Waals surface area contributed by atoms with Crippen LogP contribution in [0.15, 0.2) is 24.3 Å². The number of rotatable bonds is 8. The molecule has 0 saturated heterocycles. The lowest BCUT2D eigenvalue weighted by Crippen LogP contribution is -2.39. The van der Waals surface area contributed by atoms with Crippen LogP contribution >= 0.6 is 11.6 Å². The van der Waals surface area contributed by atoms with E-state index in [1.54, 1.807) is 12.1 Å². The Hall–Kier alpha value is -0.660. The molecule has 0 unspecified atom stereocenters. The summed E-state index contributed by atoms with van der Waals surface area (Å²) in [5.41, 5.74) is 1.02. The monoisotopic (exact) mass is 306 g/mol. The van der Waals surface area contributed by atoms with E-state index in [0.29, 0.717) is 31.0 Å². The smallest absolute Gasteiger partial charge is 0.279 e. The van der Waals surface area contributed by atoms with Gasteiger partial charge < -0.3 is 5.11 Å². The fraction of sp³-hybridized carbons (Fsp3) is 0.500. The molecule has 5 nitrogen and oxygen atoms in total. The minimum absolute atomic E-state index is 0.0232. The van der Waals surface area contributed by atoms with Crippen molar-refractivity contribution >= 4 is 21.8 Å². The van der Waals surface area contributed by atoms with Gasteiger partial charge in [0.2, 0.25) is 0 Å². The number of nitrogens with zero attached hydrogens (tertiary/aromatic N) is 1. The minimum Gasteiger partial charge on any atom is -0.396 e. The second kappa shape index (κ2) is 7.81. The highest BCUT2D eigenvalue weighted by molar-refractivity contribution is 7.87. The van der Waals surface area contributed by atoms with Gasteiger partial charge in [-0.05, 0) is 30.5 Å². The van der Waals surface area contributed by atoms with Crippen LogP contribution < -0.4 is 4.72 Å². The second-order valence-corrected chi connectivity index (χ2v) is 6.47. The van der Waals surface area contributed by atoms with Gasteiger partial charge in [-0.3, -0.25) is 0 Å². The third-order valence-electron chi connectivity index (χ3n) is 2.65. The summed E-state index contributed by atoms with van der Waals surface area (Å²) in [6.07, 6.45) is 1.03. The van der Waals surface area contributed by atoms with Crippen LogP contribution in [0.2, 0.25) is 5.02 Å². The molecule has 0 aliphatic rings. The molecular weight excluding hydrogens is 288 g/mol. The maximum atomic E-state index is 11.8. The molecule has 0 radical (unpaired) electrons. The molecule has 0 saturated carbocycles. The molecule has 1 rings (SSSR count). The van der Waals surface area contributed by atoms with E-state index in [2.05, 4.69) is 4.72 Å². The van der Waals surface area contributed by atoms with E-state index in [1.165, 1.54) is 11.4 Å². The van der Waals surface area contributed by atoms with Crippen LogP contribution in [0, 0.1) is 0 Å². The van der Waals surface area contributed by atoms with Crippen LogP contribution in [0.5, 0.6) is 0 Å². The average molecular weight is 307 g/mol. The standard InChI is InChI=1S/C12H19ClN2O3S/c1-15(9-2-10-16)19(17,18)14-8-7-11-3-5-12(13)6-4-11/h3-6,14,16H,2,7-10H2,1H3. The number of aliphatic hydroxyl groups is 1. The first-order chi connectivity index (χ1) is 8.95. The average Bonchev–Trinajstić information content (AvgIpc) is 2.38. The van der Waals surface area contributed by atoms with Gasteiger partial charge >= 0.3 is 0 Å². The maximum Gasteiger partial charge on any atom is 0.279 e. The molecule has 108 valence electrons. The number of aliphatic hydroxyl groups excluding tert-OH is 1. The second-order valence-electron chi connectivity index (χ2n) is 4.17. The van der Waals surface area contributed by atoms with Crippen molar-refractivity contribution in [3.8, 4) is 0 Å². The fourth-order valence-corrected chi connectivity index (χ4v) is 2.58. The molecule has 7 heteroatoms. The van der Waals surface area contributed by atoms with Crippen molar-refractivity contribution in [1.29, 1.82) is 0 Å². The lowest BCUT2D eigenvalue weighted by molar-refractivity contribution is 0.275. The van der Waals surface area contributed by atoms with Gasteiger partial charge in [0.25, 0.3) is 10.2 Å². The highest BCUT2D eigenvalue weighted by Crippen LogP contribution is 2.09. The molecule has 0 spiro atoms. The Labute approximate surface area is 119 Å². The van der Waals surface area contributed by atoms with Gasteiger partial charge in [-0.15, -0.1) is 0 Å². The number of nitrogens with one attached hydrogen (secondary N) is 1. The Morgan fingerprint density at radius 1 is 1.32 bits per heavy atom. The number of hydrogen-bond acceptors (Lipinski definition) is 3. The van der Waals surface area contributed by atoms with Crippen LogP contribution in [0.4, 0.5) is 0 Å². The van der Waals surface area contributed by atoms with Crippen molar-refractivity contribution in [3.05, 3.63) is 34.9 Å². The Bertz CT molecular complexity index is 476. The van der Waals surface area contributed by atoms with Crippen molar-refractivity contribution in [1.82, 2.24) is 9.03 Å². The molecule has 1 aromatic rings. The Balaban J connectivity index is 2.41. The molecule has 0 bridgehead atoms. The zero-order chi connectivity index (χ0) is 14.3. The highest BCUT2D eigenvalue weighted by atomic mass is 35.5. The van der Waals surface area contributed by atoms with Gasteiger partial charge in [-0.2, -0.15) is 12.7 Å². The zero-order valence-electron chi connectivity index (χ0n) is 10.8.